The Bertz CT molecular complexity index is 870. The van der Waals surface area contributed by atoms with E-state index in [1.54, 1.807) is 4.90 Å². The minimum atomic E-state index is -1.83. The zero-order valence-corrected chi connectivity index (χ0v) is 25.7. The molecule has 1 N–H and O–H groups in total. The molecule has 0 saturated carbocycles. The van der Waals surface area contributed by atoms with Crippen LogP contribution in [0.3, 0.4) is 0 Å². The molecule has 0 saturated heterocycles. The van der Waals surface area contributed by atoms with Crippen LogP contribution in [0.5, 0.6) is 0 Å². The van der Waals surface area contributed by atoms with Gasteiger partial charge in [-0.1, -0.05) is 120 Å². The molecule has 3 atom stereocenters. The molecule has 0 aliphatic heterocycles. The average Bonchev–Trinajstić information content (AvgIpc) is 2.96. The molecule has 38 heavy (non-hydrogen) atoms. The molecule has 0 heterocycles. The number of aliphatic hydroxyl groups excluding tert-OH is 1. The van der Waals surface area contributed by atoms with Crippen molar-refractivity contribution in [2.24, 2.45) is 5.92 Å². The molecule has 0 unspecified atom stereocenters. The van der Waals surface area contributed by atoms with E-state index in [0.717, 1.165) is 5.56 Å². The number of benzene rings is 2. The Labute approximate surface area is 233 Å². The summed E-state index contributed by atoms with van der Waals surface area (Å²) >= 11 is 0. The summed E-state index contributed by atoms with van der Waals surface area (Å²) in [5, 5.41) is 11.0. The van der Waals surface area contributed by atoms with Crippen molar-refractivity contribution < 1.29 is 14.3 Å². The second-order valence-corrected chi connectivity index (χ2v) is 15.2. The molecule has 4 nitrogen and oxygen atoms in total. The molecule has 2 aromatic carbocycles. The number of carbonyl (C=O) groups is 1. The molecular weight excluding hydrogens is 486 g/mol. The van der Waals surface area contributed by atoms with Crippen molar-refractivity contribution in [3.05, 3.63) is 71.8 Å². The summed E-state index contributed by atoms with van der Waals surface area (Å²) in [7, 11) is 0.00614. The number of carbonyl (C=O) groups excluding carboxylic acids is 1. The van der Waals surface area contributed by atoms with Crippen molar-refractivity contribution in [2.75, 3.05) is 13.7 Å². The van der Waals surface area contributed by atoms with Gasteiger partial charge in [0, 0.05) is 19.6 Å². The standard InChI is InChI=1S/C33H53NO3Si/c1-6-9-24-38(25-10-7-2,26-11-8-3)37-23-22-31(27-29-18-14-12-15-19-29)33(36)34(5)28(4)32(35)30-20-16-13-17-21-30/h12-21,28,31-32,35H,6-11,22-27H2,1-5H3/t28-,31-,32+/m0/s1. The fourth-order valence-electron chi connectivity index (χ4n) is 5.35. The Balaban J connectivity index is 2.18. The van der Waals surface area contributed by atoms with Crippen LogP contribution in [0.4, 0.5) is 0 Å². The highest BCUT2D eigenvalue weighted by Gasteiger charge is 2.34. The first-order valence-electron chi connectivity index (χ1n) is 15.0. The van der Waals surface area contributed by atoms with Gasteiger partial charge in [0.2, 0.25) is 5.91 Å². The van der Waals surface area contributed by atoms with Crippen LogP contribution in [0.2, 0.25) is 18.1 Å². The molecule has 0 spiro atoms. The normalized spacial score (nSPS) is 14.2. The summed E-state index contributed by atoms with van der Waals surface area (Å²) < 4.78 is 6.93. The Morgan fingerprint density at radius 2 is 1.37 bits per heavy atom. The van der Waals surface area contributed by atoms with E-state index in [9.17, 15) is 9.90 Å². The molecule has 5 heteroatoms. The third kappa shape index (κ3) is 10.3. The predicted molar refractivity (Wildman–Crippen MR) is 163 cm³/mol. The summed E-state index contributed by atoms with van der Waals surface area (Å²) in [6.07, 6.45) is 8.02. The zero-order chi connectivity index (χ0) is 27.8. The number of nitrogens with zero attached hydrogens (tertiary/aromatic N) is 1. The van der Waals surface area contributed by atoms with Gasteiger partial charge in [-0.25, -0.2) is 0 Å². The van der Waals surface area contributed by atoms with E-state index >= 15 is 0 Å². The van der Waals surface area contributed by atoms with Crippen LogP contribution in [0.15, 0.2) is 60.7 Å². The van der Waals surface area contributed by atoms with E-state index in [1.165, 1.54) is 62.2 Å². The minimum absolute atomic E-state index is 0.0860. The highest BCUT2D eigenvalue weighted by molar-refractivity contribution is 6.73. The first-order valence-corrected chi connectivity index (χ1v) is 17.6. The Morgan fingerprint density at radius 1 is 0.868 bits per heavy atom. The van der Waals surface area contributed by atoms with Crippen molar-refractivity contribution in [2.45, 2.75) is 109 Å². The van der Waals surface area contributed by atoms with Gasteiger partial charge >= 0.3 is 0 Å². The lowest BCUT2D eigenvalue weighted by atomic mass is 9.93. The molecule has 1 amide bonds. The van der Waals surface area contributed by atoms with E-state index < -0.39 is 14.4 Å². The largest absolute Gasteiger partial charge is 0.417 e. The van der Waals surface area contributed by atoms with Crippen LogP contribution < -0.4 is 0 Å². The SMILES string of the molecule is CCCC[Si](CCCC)(CCCC)OCC[C@@H](Cc1ccccc1)C(=O)N(C)[C@@H](C)[C@@H](O)c1ccccc1. The molecule has 0 aromatic heterocycles. The van der Waals surface area contributed by atoms with Crippen LogP contribution in [-0.2, 0) is 15.6 Å². The zero-order valence-electron chi connectivity index (χ0n) is 24.7. The van der Waals surface area contributed by atoms with Gasteiger partial charge in [0.05, 0.1) is 12.1 Å². The van der Waals surface area contributed by atoms with Crippen LogP contribution in [0.25, 0.3) is 0 Å². The molecular formula is C33H53NO3Si. The van der Waals surface area contributed by atoms with Crippen molar-refractivity contribution in [3.63, 3.8) is 0 Å². The molecule has 0 aliphatic rings. The number of hydrogen-bond acceptors (Lipinski definition) is 3. The predicted octanol–water partition coefficient (Wildman–Crippen LogP) is 8.18. The first kappa shape index (κ1) is 32.3. The summed E-state index contributed by atoms with van der Waals surface area (Å²) in [5.74, 6) is -0.0917. The number of aliphatic hydroxyl groups is 1. The molecule has 0 aliphatic carbocycles. The molecule has 212 valence electrons. The van der Waals surface area contributed by atoms with E-state index in [0.29, 0.717) is 19.4 Å². The second kappa shape index (κ2) is 17.6. The van der Waals surface area contributed by atoms with Gasteiger partial charge in [-0.15, -0.1) is 0 Å². The van der Waals surface area contributed by atoms with Crippen LogP contribution in [-0.4, -0.2) is 43.9 Å². The van der Waals surface area contributed by atoms with Crippen LogP contribution in [0.1, 0.15) is 89.9 Å². The van der Waals surface area contributed by atoms with E-state index in [2.05, 4.69) is 32.9 Å². The van der Waals surface area contributed by atoms with Crippen molar-refractivity contribution in [1.82, 2.24) is 4.90 Å². The topological polar surface area (TPSA) is 49.8 Å². The lowest BCUT2D eigenvalue weighted by Gasteiger charge is -2.34. The number of unbranched alkanes of at least 4 members (excludes halogenated alkanes) is 3. The smallest absolute Gasteiger partial charge is 0.226 e. The lowest BCUT2D eigenvalue weighted by Crippen LogP contribution is -2.44. The fourth-order valence-corrected chi connectivity index (χ4v) is 10.1. The maximum Gasteiger partial charge on any atom is 0.226 e. The van der Waals surface area contributed by atoms with Gasteiger partial charge in [-0.05, 0) is 49.0 Å². The van der Waals surface area contributed by atoms with E-state index in [-0.39, 0.29) is 17.9 Å². The quantitative estimate of drug-likeness (QED) is 0.183. The third-order valence-corrected chi connectivity index (χ3v) is 12.7. The average molecular weight is 540 g/mol. The van der Waals surface area contributed by atoms with Crippen LogP contribution >= 0.6 is 0 Å². The minimum Gasteiger partial charge on any atom is -0.417 e. The third-order valence-electron chi connectivity index (χ3n) is 8.06. The van der Waals surface area contributed by atoms with Crippen molar-refractivity contribution in [3.8, 4) is 0 Å². The number of rotatable bonds is 19. The van der Waals surface area contributed by atoms with Crippen molar-refractivity contribution >= 4 is 14.2 Å². The second-order valence-electron chi connectivity index (χ2n) is 11.1. The van der Waals surface area contributed by atoms with Gasteiger partial charge in [0.15, 0.2) is 8.32 Å². The van der Waals surface area contributed by atoms with Gasteiger partial charge in [-0.2, -0.15) is 0 Å². The maximum atomic E-state index is 13.9. The maximum absolute atomic E-state index is 13.9. The molecule has 2 aromatic rings. The molecule has 0 radical (unpaired) electrons. The summed E-state index contributed by atoms with van der Waals surface area (Å²) in [5.41, 5.74) is 2.00. The number of amides is 1. The van der Waals surface area contributed by atoms with Gasteiger partial charge in [-0.3, -0.25) is 4.79 Å². The van der Waals surface area contributed by atoms with E-state index in [1.807, 2.05) is 62.5 Å². The number of hydrogen-bond donors (Lipinski definition) is 1. The molecule has 0 fully saturated rings. The Morgan fingerprint density at radius 3 is 1.87 bits per heavy atom. The lowest BCUT2D eigenvalue weighted by molar-refractivity contribution is -0.138. The first-order chi connectivity index (χ1) is 18.4. The monoisotopic (exact) mass is 539 g/mol. The van der Waals surface area contributed by atoms with Gasteiger partial charge in [0.25, 0.3) is 0 Å². The molecule has 2 rings (SSSR count). The Kier molecular flexibility index (Phi) is 14.9. The highest BCUT2D eigenvalue weighted by atomic mass is 28.4. The highest BCUT2D eigenvalue weighted by Crippen LogP contribution is 2.31. The van der Waals surface area contributed by atoms with Gasteiger partial charge in [0.1, 0.15) is 0 Å². The number of likely N-dealkylation sites (N-methyl/N-ethyl adjacent to an activating group) is 1. The van der Waals surface area contributed by atoms with Crippen molar-refractivity contribution in [1.29, 1.82) is 0 Å². The summed E-state index contributed by atoms with van der Waals surface area (Å²) in [6.45, 7) is 9.40. The Hall–Kier alpha value is -1.95. The van der Waals surface area contributed by atoms with Crippen LogP contribution in [0, 0.1) is 5.92 Å². The molecule has 0 bridgehead atoms. The summed E-state index contributed by atoms with van der Waals surface area (Å²) in [4.78, 5) is 15.6. The van der Waals surface area contributed by atoms with E-state index in [4.69, 9.17) is 4.43 Å². The summed E-state index contributed by atoms with van der Waals surface area (Å²) in [6, 6.07) is 23.3. The fraction of sp³-hybridized carbons (Fsp3) is 0.606. The van der Waals surface area contributed by atoms with Gasteiger partial charge < -0.3 is 14.4 Å².